The molecule has 3 rings (SSSR count). The molecule has 0 fully saturated rings. The number of imidazole rings is 1. The van der Waals surface area contributed by atoms with Crippen LogP contribution in [0.5, 0.6) is 5.75 Å². The zero-order valence-electron chi connectivity index (χ0n) is 10.8. The van der Waals surface area contributed by atoms with Crippen molar-refractivity contribution in [3.8, 4) is 5.75 Å². The molecule has 1 aliphatic rings. The van der Waals surface area contributed by atoms with E-state index in [4.69, 9.17) is 10.5 Å². The van der Waals surface area contributed by atoms with Crippen molar-refractivity contribution >= 4 is 0 Å². The summed E-state index contributed by atoms with van der Waals surface area (Å²) in [4.78, 5) is 7.48. The zero-order valence-corrected chi connectivity index (χ0v) is 10.8. The summed E-state index contributed by atoms with van der Waals surface area (Å²) in [5.41, 5.74) is 6.98. The van der Waals surface area contributed by atoms with Crippen molar-refractivity contribution in [1.29, 1.82) is 0 Å². The van der Waals surface area contributed by atoms with Crippen molar-refractivity contribution < 1.29 is 13.5 Å². The van der Waals surface area contributed by atoms with E-state index in [0.717, 1.165) is 24.0 Å². The number of benzene rings is 1. The van der Waals surface area contributed by atoms with Crippen molar-refractivity contribution in [2.24, 2.45) is 5.73 Å². The monoisotopic (exact) mass is 279 g/mol. The number of halogens is 2. The van der Waals surface area contributed by atoms with Crippen LogP contribution in [0.4, 0.5) is 8.78 Å². The Morgan fingerprint density at radius 3 is 3.05 bits per heavy atom. The van der Waals surface area contributed by atoms with E-state index in [-0.39, 0.29) is 11.7 Å². The van der Waals surface area contributed by atoms with E-state index < -0.39 is 11.6 Å². The molecule has 0 aliphatic carbocycles. The number of hydrogen-bond donors (Lipinski definition) is 2. The Kier molecular flexibility index (Phi) is 3.40. The van der Waals surface area contributed by atoms with E-state index in [2.05, 4.69) is 9.97 Å². The van der Waals surface area contributed by atoms with Crippen molar-refractivity contribution in [2.75, 3.05) is 13.2 Å². The van der Waals surface area contributed by atoms with Gasteiger partial charge in [0.15, 0.2) is 11.6 Å². The largest absolute Gasteiger partial charge is 0.489 e. The SMILES string of the molecule is NCCc1cnc(C2COc3c(F)cc(F)cc3C2)[nH]1. The average Bonchev–Trinajstić information content (AvgIpc) is 2.87. The molecule has 0 amide bonds. The highest BCUT2D eigenvalue weighted by atomic mass is 19.1. The first-order valence-corrected chi connectivity index (χ1v) is 6.52. The van der Waals surface area contributed by atoms with Gasteiger partial charge in [0.25, 0.3) is 0 Å². The molecule has 4 nitrogen and oxygen atoms in total. The third kappa shape index (κ3) is 2.38. The number of fused-ring (bicyclic) bond motifs is 1. The van der Waals surface area contributed by atoms with Gasteiger partial charge in [-0.3, -0.25) is 0 Å². The summed E-state index contributed by atoms with van der Waals surface area (Å²) in [5, 5.41) is 0. The van der Waals surface area contributed by atoms with Crippen molar-refractivity contribution in [1.82, 2.24) is 9.97 Å². The molecule has 6 heteroatoms. The number of nitrogens with one attached hydrogen (secondary N) is 1. The number of rotatable bonds is 3. The number of nitrogens with two attached hydrogens (primary N) is 1. The van der Waals surface area contributed by atoms with Gasteiger partial charge in [-0.1, -0.05) is 0 Å². The Balaban J connectivity index is 1.84. The average molecular weight is 279 g/mol. The van der Waals surface area contributed by atoms with Crippen molar-refractivity contribution in [2.45, 2.75) is 18.8 Å². The minimum atomic E-state index is -0.651. The molecule has 2 aromatic rings. The number of nitrogens with zero attached hydrogens (tertiary/aromatic N) is 1. The molecule has 0 bridgehead atoms. The maximum atomic E-state index is 13.6. The van der Waals surface area contributed by atoms with Gasteiger partial charge >= 0.3 is 0 Å². The summed E-state index contributed by atoms with van der Waals surface area (Å²) in [7, 11) is 0. The molecule has 0 saturated heterocycles. The van der Waals surface area contributed by atoms with Gasteiger partial charge in [0.05, 0.1) is 12.5 Å². The molecule has 3 N–H and O–H groups in total. The van der Waals surface area contributed by atoms with Crippen LogP contribution < -0.4 is 10.5 Å². The molecule has 0 saturated carbocycles. The fraction of sp³-hybridized carbons (Fsp3) is 0.357. The second-order valence-electron chi connectivity index (χ2n) is 4.92. The number of ether oxygens (including phenoxy) is 1. The first kappa shape index (κ1) is 13.1. The van der Waals surface area contributed by atoms with E-state index in [1.165, 1.54) is 6.07 Å². The van der Waals surface area contributed by atoms with Crippen molar-refractivity contribution in [3.63, 3.8) is 0 Å². The summed E-state index contributed by atoms with van der Waals surface area (Å²) in [6.45, 7) is 0.868. The smallest absolute Gasteiger partial charge is 0.168 e. The Bertz CT molecular complexity index is 627. The van der Waals surface area contributed by atoms with Gasteiger partial charge in [0.2, 0.25) is 0 Å². The van der Waals surface area contributed by atoms with Crippen LogP contribution in [-0.2, 0) is 12.8 Å². The van der Waals surface area contributed by atoms with E-state index in [1.807, 2.05) is 0 Å². The van der Waals surface area contributed by atoms with Crippen LogP contribution in [0.25, 0.3) is 0 Å². The lowest BCUT2D eigenvalue weighted by Gasteiger charge is -2.24. The lowest BCUT2D eigenvalue weighted by atomic mass is 9.96. The second-order valence-corrected chi connectivity index (χ2v) is 4.92. The zero-order chi connectivity index (χ0) is 14.1. The molecular formula is C14H15F2N3O. The highest BCUT2D eigenvalue weighted by Crippen LogP contribution is 2.34. The summed E-state index contributed by atoms with van der Waals surface area (Å²) in [6.07, 6.45) is 2.96. The van der Waals surface area contributed by atoms with Gasteiger partial charge in [0, 0.05) is 29.9 Å². The van der Waals surface area contributed by atoms with Gasteiger partial charge in [-0.05, 0) is 19.0 Å². The van der Waals surface area contributed by atoms with Gasteiger partial charge in [-0.2, -0.15) is 0 Å². The third-order valence-electron chi connectivity index (χ3n) is 3.43. The van der Waals surface area contributed by atoms with E-state index >= 15 is 0 Å². The Labute approximate surface area is 115 Å². The summed E-state index contributed by atoms with van der Waals surface area (Å²) < 4.78 is 32.2. The van der Waals surface area contributed by atoms with Crippen LogP contribution in [0.2, 0.25) is 0 Å². The number of aromatic amines is 1. The molecule has 2 heterocycles. The molecule has 1 aromatic carbocycles. The highest BCUT2D eigenvalue weighted by Gasteiger charge is 2.26. The topological polar surface area (TPSA) is 63.9 Å². The molecular weight excluding hydrogens is 264 g/mol. The van der Waals surface area contributed by atoms with Crippen LogP contribution in [0.3, 0.4) is 0 Å². The number of hydrogen-bond acceptors (Lipinski definition) is 3. The van der Waals surface area contributed by atoms with Crippen LogP contribution in [0.1, 0.15) is 23.0 Å². The molecule has 1 aliphatic heterocycles. The molecule has 1 unspecified atom stereocenters. The van der Waals surface area contributed by atoms with Gasteiger partial charge < -0.3 is 15.5 Å². The second kappa shape index (κ2) is 5.20. The van der Waals surface area contributed by atoms with Gasteiger partial charge in [0.1, 0.15) is 11.6 Å². The summed E-state index contributed by atoms with van der Waals surface area (Å²) in [6, 6.07) is 2.15. The van der Waals surface area contributed by atoms with E-state index in [9.17, 15) is 8.78 Å². The molecule has 1 aromatic heterocycles. The normalized spacial score (nSPS) is 17.6. The Morgan fingerprint density at radius 2 is 2.25 bits per heavy atom. The minimum absolute atomic E-state index is 0.0322. The fourth-order valence-corrected chi connectivity index (χ4v) is 2.48. The molecule has 106 valence electrons. The van der Waals surface area contributed by atoms with Gasteiger partial charge in [-0.15, -0.1) is 0 Å². The highest BCUT2D eigenvalue weighted by molar-refractivity contribution is 5.38. The standard InChI is InChI=1S/C14H15F2N3O/c15-10-4-8-3-9(7-20-13(8)12(16)5-10)14-18-6-11(19-14)1-2-17/h4-6,9H,1-3,7,17H2,(H,18,19). The Morgan fingerprint density at radius 1 is 1.40 bits per heavy atom. The quantitative estimate of drug-likeness (QED) is 0.902. The number of H-pyrrole nitrogens is 1. The predicted molar refractivity (Wildman–Crippen MR) is 69.6 cm³/mol. The van der Waals surface area contributed by atoms with Crippen LogP contribution >= 0.6 is 0 Å². The third-order valence-corrected chi connectivity index (χ3v) is 3.43. The van der Waals surface area contributed by atoms with Crippen LogP contribution in [0.15, 0.2) is 18.3 Å². The number of aromatic nitrogens is 2. The van der Waals surface area contributed by atoms with E-state index in [1.54, 1.807) is 6.20 Å². The molecule has 0 spiro atoms. The minimum Gasteiger partial charge on any atom is -0.489 e. The maximum Gasteiger partial charge on any atom is 0.168 e. The fourth-order valence-electron chi connectivity index (χ4n) is 2.48. The molecule has 0 radical (unpaired) electrons. The van der Waals surface area contributed by atoms with Gasteiger partial charge in [-0.25, -0.2) is 13.8 Å². The molecule has 20 heavy (non-hydrogen) atoms. The van der Waals surface area contributed by atoms with E-state index in [0.29, 0.717) is 25.1 Å². The van der Waals surface area contributed by atoms with Crippen molar-refractivity contribution in [3.05, 3.63) is 47.0 Å². The lowest BCUT2D eigenvalue weighted by molar-refractivity contribution is 0.244. The first-order valence-electron chi connectivity index (χ1n) is 6.52. The van der Waals surface area contributed by atoms with Crippen LogP contribution in [-0.4, -0.2) is 23.1 Å². The Hall–Kier alpha value is -1.95. The first-order chi connectivity index (χ1) is 9.67. The predicted octanol–water partition coefficient (Wildman–Crippen LogP) is 1.91. The summed E-state index contributed by atoms with van der Waals surface area (Å²) in [5.74, 6) is -0.356. The molecule has 1 atom stereocenters. The lowest BCUT2D eigenvalue weighted by Crippen LogP contribution is -2.21. The van der Waals surface area contributed by atoms with Crippen LogP contribution in [0, 0.1) is 11.6 Å². The summed E-state index contributed by atoms with van der Waals surface area (Å²) >= 11 is 0. The maximum absolute atomic E-state index is 13.6.